The Morgan fingerprint density at radius 2 is 1.93 bits per heavy atom. The van der Waals surface area contributed by atoms with Gasteiger partial charge in [-0.05, 0) is 32.9 Å². The number of carbonyl (C=O) groups is 4. The van der Waals surface area contributed by atoms with E-state index in [4.69, 9.17) is 9.47 Å². The molecule has 0 unspecified atom stereocenters. The summed E-state index contributed by atoms with van der Waals surface area (Å²) in [4.78, 5) is 49.2. The van der Waals surface area contributed by atoms with Crippen molar-refractivity contribution in [2.24, 2.45) is 0 Å². The molecule has 1 aromatic carbocycles. The van der Waals surface area contributed by atoms with Crippen LogP contribution in [0.5, 0.6) is 5.75 Å². The molecular weight excluding hydrogens is 354 g/mol. The highest BCUT2D eigenvalue weighted by molar-refractivity contribution is 6.00. The molecule has 0 radical (unpaired) electrons. The number of anilines is 1. The third kappa shape index (κ3) is 5.70. The fourth-order valence-electron chi connectivity index (χ4n) is 2.42. The van der Waals surface area contributed by atoms with Crippen LogP contribution >= 0.6 is 0 Å². The molecule has 1 heterocycles. The van der Waals surface area contributed by atoms with Gasteiger partial charge in [-0.15, -0.1) is 0 Å². The van der Waals surface area contributed by atoms with E-state index in [-0.39, 0.29) is 31.5 Å². The summed E-state index contributed by atoms with van der Waals surface area (Å²) >= 11 is 0. The van der Waals surface area contributed by atoms with Crippen LogP contribution in [-0.4, -0.2) is 49.1 Å². The Kier molecular flexibility index (Phi) is 6.75. The lowest BCUT2D eigenvalue weighted by molar-refractivity contribution is -0.153. The molecule has 0 aliphatic carbocycles. The molecule has 0 aromatic heterocycles. The summed E-state index contributed by atoms with van der Waals surface area (Å²) in [5.41, 5.74) is 0.463. The minimum atomic E-state index is -1.19. The van der Waals surface area contributed by atoms with Crippen molar-refractivity contribution in [3.05, 3.63) is 24.3 Å². The van der Waals surface area contributed by atoms with Crippen molar-refractivity contribution >= 4 is 29.5 Å². The molecule has 0 saturated heterocycles. The number of amides is 4. The number of nitrogens with one attached hydrogen (secondary N) is 2. The predicted molar refractivity (Wildman–Crippen MR) is 96.3 cm³/mol. The lowest BCUT2D eigenvalue weighted by Crippen LogP contribution is -2.47. The molecule has 0 fully saturated rings. The summed E-state index contributed by atoms with van der Waals surface area (Å²) in [5, 5.41) is 4.58. The van der Waals surface area contributed by atoms with Gasteiger partial charge in [-0.2, -0.15) is 0 Å². The van der Waals surface area contributed by atoms with E-state index in [0.29, 0.717) is 11.4 Å². The first kappa shape index (κ1) is 20.2. The van der Waals surface area contributed by atoms with Crippen molar-refractivity contribution in [2.45, 2.75) is 39.3 Å². The first-order valence-corrected chi connectivity index (χ1v) is 8.61. The second kappa shape index (κ2) is 9.02. The molecule has 9 nitrogen and oxygen atoms in total. The zero-order valence-electron chi connectivity index (χ0n) is 15.5. The number of nitrogens with zero attached hydrogens (tertiary/aromatic N) is 1. The smallest absolute Gasteiger partial charge is 0.326 e. The molecule has 0 spiro atoms. The van der Waals surface area contributed by atoms with Gasteiger partial charge in [-0.25, -0.2) is 4.79 Å². The monoisotopic (exact) mass is 377 g/mol. The van der Waals surface area contributed by atoms with Crippen LogP contribution in [0, 0.1) is 0 Å². The van der Waals surface area contributed by atoms with E-state index < -0.39 is 24.0 Å². The number of para-hydroxylation sites is 2. The topological polar surface area (TPSA) is 114 Å². The van der Waals surface area contributed by atoms with Crippen LogP contribution in [0.25, 0.3) is 0 Å². The Bertz CT molecular complexity index is 734. The van der Waals surface area contributed by atoms with Crippen LogP contribution in [0.1, 0.15) is 27.2 Å². The normalized spacial score (nSPS) is 14.5. The standard InChI is InChI=1S/C18H23N3O6/c1-11(2)19-18(25)20-17(24)12(3)27-16(23)10-21-13-6-4-5-7-14(13)26-9-8-15(21)22/h4-7,11-12H,8-10H2,1-3H3,(H2,19,20,24,25)/t12-/m0/s1. The highest BCUT2D eigenvalue weighted by Crippen LogP contribution is 2.30. The van der Waals surface area contributed by atoms with Crippen LogP contribution in [0.3, 0.4) is 0 Å². The molecule has 1 aliphatic rings. The molecule has 9 heteroatoms. The van der Waals surface area contributed by atoms with Crippen molar-refractivity contribution in [3.63, 3.8) is 0 Å². The van der Waals surface area contributed by atoms with E-state index in [1.807, 2.05) is 0 Å². The summed E-state index contributed by atoms with van der Waals surface area (Å²) in [6, 6.07) is 6.04. The van der Waals surface area contributed by atoms with Crippen LogP contribution in [0.4, 0.5) is 10.5 Å². The summed E-state index contributed by atoms with van der Waals surface area (Å²) in [5.74, 6) is -1.32. The van der Waals surface area contributed by atoms with E-state index in [2.05, 4.69) is 10.6 Å². The van der Waals surface area contributed by atoms with Gasteiger partial charge < -0.3 is 14.8 Å². The molecule has 27 heavy (non-hydrogen) atoms. The Balaban J connectivity index is 1.97. The third-order valence-electron chi connectivity index (χ3n) is 3.65. The highest BCUT2D eigenvalue weighted by atomic mass is 16.5. The highest BCUT2D eigenvalue weighted by Gasteiger charge is 2.27. The van der Waals surface area contributed by atoms with Crippen molar-refractivity contribution in [2.75, 3.05) is 18.1 Å². The second-order valence-corrected chi connectivity index (χ2v) is 6.30. The van der Waals surface area contributed by atoms with E-state index in [1.54, 1.807) is 38.1 Å². The number of imide groups is 1. The number of carbonyl (C=O) groups excluding carboxylic acids is 4. The molecule has 2 N–H and O–H groups in total. The average Bonchev–Trinajstić information content (AvgIpc) is 2.73. The van der Waals surface area contributed by atoms with Gasteiger partial charge in [0.1, 0.15) is 12.3 Å². The maximum absolute atomic E-state index is 12.3. The fraction of sp³-hybridized carbons (Fsp3) is 0.444. The van der Waals surface area contributed by atoms with Gasteiger partial charge in [-0.1, -0.05) is 12.1 Å². The second-order valence-electron chi connectivity index (χ2n) is 6.30. The van der Waals surface area contributed by atoms with Crippen molar-refractivity contribution in [1.82, 2.24) is 10.6 Å². The number of hydrogen-bond acceptors (Lipinski definition) is 6. The van der Waals surface area contributed by atoms with Gasteiger partial charge in [-0.3, -0.25) is 24.6 Å². The minimum absolute atomic E-state index is 0.118. The summed E-state index contributed by atoms with van der Waals surface area (Å²) in [6.45, 7) is 4.68. The first-order chi connectivity index (χ1) is 12.8. The minimum Gasteiger partial charge on any atom is -0.491 e. The van der Waals surface area contributed by atoms with E-state index in [1.165, 1.54) is 11.8 Å². The predicted octanol–water partition coefficient (Wildman–Crippen LogP) is 0.968. The Hall–Kier alpha value is -3.10. The van der Waals surface area contributed by atoms with Crippen LogP contribution in [0.15, 0.2) is 24.3 Å². The number of urea groups is 1. The van der Waals surface area contributed by atoms with Crippen LogP contribution in [0.2, 0.25) is 0 Å². The number of ether oxygens (including phenoxy) is 2. The summed E-state index contributed by atoms with van der Waals surface area (Å²) < 4.78 is 10.6. The molecular formula is C18H23N3O6. The van der Waals surface area contributed by atoms with Gasteiger partial charge in [0, 0.05) is 6.04 Å². The van der Waals surface area contributed by atoms with Gasteiger partial charge >= 0.3 is 12.0 Å². The molecule has 1 aliphatic heterocycles. The van der Waals surface area contributed by atoms with Gasteiger partial charge in [0.05, 0.1) is 18.7 Å². The van der Waals surface area contributed by atoms with E-state index in [0.717, 1.165) is 0 Å². The van der Waals surface area contributed by atoms with Gasteiger partial charge in [0.15, 0.2) is 6.10 Å². The molecule has 1 aromatic rings. The summed E-state index contributed by atoms with van der Waals surface area (Å²) in [7, 11) is 0. The number of fused-ring (bicyclic) bond motifs is 1. The lowest BCUT2D eigenvalue weighted by Gasteiger charge is -2.22. The number of benzene rings is 1. The van der Waals surface area contributed by atoms with Crippen molar-refractivity contribution < 1.29 is 28.7 Å². The molecule has 4 amide bonds. The summed E-state index contributed by atoms with van der Waals surface area (Å²) in [6.07, 6.45) is -1.07. The Morgan fingerprint density at radius 1 is 1.22 bits per heavy atom. The Morgan fingerprint density at radius 3 is 2.63 bits per heavy atom. The zero-order valence-corrected chi connectivity index (χ0v) is 15.5. The lowest BCUT2D eigenvalue weighted by atomic mass is 10.2. The quantitative estimate of drug-likeness (QED) is 0.739. The molecule has 0 saturated carbocycles. The van der Waals surface area contributed by atoms with Crippen molar-refractivity contribution in [1.29, 1.82) is 0 Å². The fourth-order valence-corrected chi connectivity index (χ4v) is 2.42. The average molecular weight is 377 g/mol. The number of hydrogen-bond donors (Lipinski definition) is 2. The van der Waals surface area contributed by atoms with Crippen LogP contribution in [-0.2, 0) is 19.1 Å². The molecule has 1 atom stereocenters. The van der Waals surface area contributed by atoms with Gasteiger partial charge in [0.2, 0.25) is 5.91 Å². The maximum atomic E-state index is 12.3. The largest absolute Gasteiger partial charge is 0.491 e. The third-order valence-corrected chi connectivity index (χ3v) is 3.65. The van der Waals surface area contributed by atoms with Crippen LogP contribution < -0.4 is 20.3 Å². The van der Waals surface area contributed by atoms with E-state index >= 15 is 0 Å². The number of rotatable bonds is 5. The maximum Gasteiger partial charge on any atom is 0.326 e. The van der Waals surface area contributed by atoms with E-state index in [9.17, 15) is 19.2 Å². The molecule has 0 bridgehead atoms. The Labute approximate surface area is 157 Å². The first-order valence-electron chi connectivity index (χ1n) is 8.61. The number of esters is 1. The van der Waals surface area contributed by atoms with Crippen molar-refractivity contribution in [3.8, 4) is 5.75 Å². The van der Waals surface area contributed by atoms with Gasteiger partial charge in [0.25, 0.3) is 5.91 Å². The molecule has 146 valence electrons. The zero-order chi connectivity index (χ0) is 20.0. The SMILES string of the molecule is CC(C)NC(=O)NC(=O)[C@H](C)OC(=O)CN1C(=O)CCOc2ccccc21. The molecule has 2 rings (SSSR count).